The number of thioether (sulfide) groups is 1. The first kappa shape index (κ1) is 17.1. The summed E-state index contributed by atoms with van der Waals surface area (Å²) >= 11 is 1.47. The highest BCUT2D eigenvalue weighted by Gasteiger charge is 2.14. The van der Waals surface area contributed by atoms with E-state index in [0.717, 1.165) is 4.90 Å². The molecule has 2 aromatic carbocycles. The number of anilines is 1. The second kappa shape index (κ2) is 8.39. The molecule has 0 bridgehead atoms. The molecule has 0 atom stereocenters. The van der Waals surface area contributed by atoms with Gasteiger partial charge in [0, 0.05) is 10.6 Å². The maximum Gasteiger partial charge on any atom is 0.338 e. The third-order valence-corrected chi connectivity index (χ3v) is 4.23. The lowest BCUT2D eigenvalue weighted by atomic mass is 10.1. The second-order valence-electron chi connectivity index (χ2n) is 4.85. The molecule has 0 unspecified atom stereocenters. The zero-order chi connectivity index (χ0) is 16.7. The molecule has 0 aromatic heterocycles. The van der Waals surface area contributed by atoms with E-state index >= 15 is 0 Å². The van der Waals surface area contributed by atoms with Crippen LogP contribution in [0.15, 0.2) is 53.4 Å². The molecule has 2 aromatic rings. The minimum absolute atomic E-state index is 0.108. The van der Waals surface area contributed by atoms with Crippen LogP contribution in [-0.4, -0.2) is 24.2 Å². The summed E-state index contributed by atoms with van der Waals surface area (Å²) < 4.78 is 5.02. The van der Waals surface area contributed by atoms with Crippen LogP contribution in [0.25, 0.3) is 0 Å². The summed E-state index contributed by atoms with van der Waals surface area (Å²) in [5.41, 5.74) is 1.82. The smallest absolute Gasteiger partial charge is 0.338 e. The summed E-state index contributed by atoms with van der Waals surface area (Å²) in [4.78, 5) is 25.0. The van der Waals surface area contributed by atoms with Gasteiger partial charge in [-0.3, -0.25) is 4.79 Å². The van der Waals surface area contributed by atoms with Crippen molar-refractivity contribution in [3.05, 3.63) is 59.7 Å². The van der Waals surface area contributed by atoms with Gasteiger partial charge >= 0.3 is 5.97 Å². The molecule has 4 nitrogen and oxygen atoms in total. The van der Waals surface area contributed by atoms with Crippen molar-refractivity contribution >= 4 is 29.3 Å². The predicted octanol–water partition coefficient (Wildman–Crippen LogP) is 3.90. The quantitative estimate of drug-likeness (QED) is 0.645. The molecule has 0 aliphatic rings. The first-order chi connectivity index (χ1) is 11.1. The number of ether oxygens (including phenoxy) is 1. The highest BCUT2D eigenvalue weighted by molar-refractivity contribution is 8.00. The molecule has 0 fully saturated rings. The molecule has 0 heterocycles. The van der Waals surface area contributed by atoms with Crippen LogP contribution in [0.5, 0.6) is 0 Å². The highest BCUT2D eigenvalue weighted by atomic mass is 32.2. The van der Waals surface area contributed by atoms with Crippen LogP contribution in [-0.2, 0) is 9.53 Å². The van der Waals surface area contributed by atoms with Crippen molar-refractivity contribution in [1.82, 2.24) is 0 Å². The fourth-order valence-corrected chi connectivity index (χ4v) is 2.77. The van der Waals surface area contributed by atoms with Crippen molar-refractivity contribution in [2.45, 2.75) is 18.7 Å². The highest BCUT2D eigenvalue weighted by Crippen LogP contribution is 2.21. The van der Waals surface area contributed by atoms with E-state index in [1.54, 1.807) is 32.0 Å². The number of nitrogens with one attached hydrogen (secondary N) is 1. The van der Waals surface area contributed by atoms with E-state index in [1.165, 1.54) is 11.8 Å². The summed E-state index contributed by atoms with van der Waals surface area (Å²) in [5, 5.41) is 2.85. The fourth-order valence-electron chi connectivity index (χ4n) is 2.05. The van der Waals surface area contributed by atoms with Gasteiger partial charge in [-0.2, -0.15) is 0 Å². The standard InChI is InChI=1S/C18H19NO3S/c1-3-22-18(21)15-10-7-11-16(13(15)2)19-17(20)12-23-14-8-5-4-6-9-14/h4-11H,3,12H2,1-2H3,(H,19,20). The van der Waals surface area contributed by atoms with Crippen molar-refractivity contribution in [1.29, 1.82) is 0 Å². The van der Waals surface area contributed by atoms with E-state index in [4.69, 9.17) is 4.74 Å². The molecule has 120 valence electrons. The molecule has 1 N–H and O–H groups in total. The molecule has 0 spiro atoms. The van der Waals surface area contributed by atoms with Crippen molar-refractivity contribution in [3.8, 4) is 0 Å². The molecule has 1 amide bonds. The van der Waals surface area contributed by atoms with E-state index in [2.05, 4.69) is 5.32 Å². The Morgan fingerprint density at radius 2 is 1.83 bits per heavy atom. The number of carbonyl (C=O) groups is 2. The molecular formula is C18H19NO3S. The average Bonchev–Trinajstić information content (AvgIpc) is 2.56. The van der Waals surface area contributed by atoms with Crippen LogP contribution in [0.4, 0.5) is 5.69 Å². The number of rotatable bonds is 6. The summed E-state index contributed by atoms with van der Waals surface area (Å²) in [6.45, 7) is 3.88. The molecule has 0 saturated carbocycles. The van der Waals surface area contributed by atoms with Crippen molar-refractivity contribution in [2.75, 3.05) is 17.7 Å². The Bertz CT molecular complexity index is 686. The van der Waals surface area contributed by atoms with Gasteiger partial charge in [0.15, 0.2) is 0 Å². The van der Waals surface area contributed by atoms with Crippen LogP contribution >= 0.6 is 11.8 Å². The topological polar surface area (TPSA) is 55.4 Å². The molecule has 0 aliphatic heterocycles. The van der Waals surface area contributed by atoms with E-state index in [-0.39, 0.29) is 11.9 Å². The van der Waals surface area contributed by atoms with Gasteiger partial charge in [-0.15, -0.1) is 11.8 Å². The summed E-state index contributed by atoms with van der Waals surface area (Å²) in [7, 11) is 0. The molecule has 0 radical (unpaired) electrons. The number of hydrogen-bond acceptors (Lipinski definition) is 4. The number of esters is 1. The Kier molecular flexibility index (Phi) is 6.23. The van der Waals surface area contributed by atoms with Crippen LogP contribution in [0, 0.1) is 6.92 Å². The van der Waals surface area contributed by atoms with Crippen molar-refractivity contribution < 1.29 is 14.3 Å². The average molecular weight is 329 g/mol. The molecule has 0 saturated heterocycles. The maximum atomic E-state index is 12.1. The Labute approximate surface area is 140 Å². The Morgan fingerprint density at radius 1 is 1.09 bits per heavy atom. The zero-order valence-electron chi connectivity index (χ0n) is 13.2. The number of hydrogen-bond donors (Lipinski definition) is 1. The van der Waals surface area contributed by atoms with E-state index in [9.17, 15) is 9.59 Å². The monoisotopic (exact) mass is 329 g/mol. The van der Waals surface area contributed by atoms with Gasteiger partial charge in [0.1, 0.15) is 0 Å². The van der Waals surface area contributed by atoms with Gasteiger partial charge in [0.05, 0.1) is 17.9 Å². The fraction of sp³-hybridized carbons (Fsp3) is 0.222. The van der Waals surface area contributed by atoms with Crippen LogP contribution in [0.1, 0.15) is 22.8 Å². The maximum absolute atomic E-state index is 12.1. The van der Waals surface area contributed by atoms with Crippen molar-refractivity contribution in [3.63, 3.8) is 0 Å². The first-order valence-corrected chi connectivity index (χ1v) is 8.34. The van der Waals surface area contributed by atoms with E-state index in [0.29, 0.717) is 29.2 Å². The van der Waals surface area contributed by atoms with Gasteiger partial charge in [-0.1, -0.05) is 24.3 Å². The summed E-state index contributed by atoms with van der Waals surface area (Å²) in [5.74, 6) is -0.171. The molecule has 0 aliphatic carbocycles. The Balaban J connectivity index is 2.00. The van der Waals surface area contributed by atoms with Gasteiger partial charge in [-0.25, -0.2) is 4.79 Å². The second-order valence-corrected chi connectivity index (χ2v) is 5.90. The third-order valence-electron chi connectivity index (χ3n) is 3.22. The van der Waals surface area contributed by atoms with Gasteiger partial charge in [-0.05, 0) is 43.7 Å². The van der Waals surface area contributed by atoms with Crippen molar-refractivity contribution in [2.24, 2.45) is 0 Å². The Hall–Kier alpha value is -2.27. The Morgan fingerprint density at radius 3 is 2.52 bits per heavy atom. The lowest BCUT2D eigenvalue weighted by Crippen LogP contribution is -2.16. The molecule has 2 rings (SSSR count). The number of carbonyl (C=O) groups excluding carboxylic acids is 2. The lowest BCUT2D eigenvalue weighted by Gasteiger charge is -2.11. The third kappa shape index (κ3) is 4.86. The number of benzene rings is 2. The minimum atomic E-state index is -0.375. The van der Waals surface area contributed by atoms with Gasteiger partial charge in [0.25, 0.3) is 0 Å². The van der Waals surface area contributed by atoms with Gasteiger partial charge < -0.3 is 10.1 Å². The van der Waals surface area contributed by atoms with Crippen LogP contribution in [0.3, 0.4) is 0 Å². The predicted molar refractivity (Wildman–Crippen MR) is 92.9 cm³/mol. The normalized spacial score (nSPS) is 10.2. The summed E-state index contributed by atoms with van der Waals surface area (Å²) in [6.07, 6.45) is 0. The molecule has 5 heteroatoms. The first-order valence-electron chi connectivity index (χ1n) is 7.36. The summed E-state index contributed by atoms with van der Waals surface area (Å²) in [6, 6.07) is 15.0. The van der Waals surface area contributed by atoms with Gasteiger partial charge in [0.2, 0.25) is 5.91 Å². The molecular weight excluding hydrogens is 310 g/mol. The van der Waals surface area contributed by atoms with E-state index < -0.39 is 0 Å². The lowest BCUT2D eigenvalue weighted by molar-refractivity contribution is -0.113. The van der Waals surface area contributed by atoms with E-state index in [1.807, 2.05) is 30.3 Å². The zero-order valence-corrected chi connectivity index (χ0v) is 14.0. The SMILES string of the molecule is CCOC(=O)c1cccc(NC(=O)CSc2ccccc2)c1C. The van der Waals surface area contributed by atoms with Crippen LogP contribution in [0.2, 0.25) is 0 Å². The molecule has 23 heavy (non-hydrogen) atoms. The van der Waals surface area contributed by atoms with Crippen LogP contribution < -0.4 is 5.32 Å². The largest absolute Gasteiger partial charge is 0.462 e. The number of amides is 1. The minimum Gasteiger partial charge on any atom is -0.462 e.